The lowest BCUT2D eigenvalue weighted by molar-refractivity contribution is -0.134. The molecule has 0 saturated carbocycles. The summed E-state index contributed by atoms with van der Waals surface area (Å²) >= 11 is 6.10. The van der Waals surface area contributed by atoms with Crippen molar-refractivity contribution < 1.29 is 14.0 Å². The Kier molecular flexibility index (Phi) is 4.83. The van der Waals surface area contributed by atoms with E-state index in [4.69, 9.17) is 11.6 Å². The third-order valence-electron chi connectivity index (χ3n) is 3.60. The molecule has 1 aliphatic rings. The Bertz CT molecular complexity index is 565. The minimum absolute atomic E-state index is 0.226. The zero-order chi connectivity index (χ0) is 15.6. The van der Waals surface area contributed by atoms with E-state index < -0.39 is 17.9 Å². The van der Waals surface area contributed by atoms with Gasteiger partial charge in [-0.3, -0.25) is 14.5 Å². The summed E-state index contributed by atoms with van der Waals surface area (Å²) in [6, 6.07) is 2.58. The minimum Gasteiger partial charge on any atom is -0.342 e. The molecule has 0 aliphatic carbocycles. The second-order valence-electron chi connectivity index (χ2n) is 5.08. The highest BCUT2D eigenvalue weighted by Gasteiger charge is 2.40. The highest BCUT2D eigenvalue weighted by Crippen LogP contribution is 2.31. The molecule has 1 heterocycles. The average Bonchev–Trinajstić information content (AvgIpc) is 2.45. The Morgan fingerprint density at radius 3 is 2.67 bits per heavy atom. The second kappa shape index (κ2) is 6.43. The third-order valence-corrected chi connectivity index (χ3v) is 3.92. The predicted octanol–water partition coefficient (Wildman–Crippen LogP) is 2.89. The smallest absolute Gasteiger partial charge is 0.250 e. The first-order valence-electron chi connectivity index (χ1n) is 7.08. The van der Waals surface area contributed by atoms with Gasteiger partial charge in [0.1, 0.15) is 17.9 Å². The molecule has 1 N–H and O–H groups in total. The fraction of sp³-hybridized carbons (Fsp3) is 0.467. The van der Waals surface area contributed by atoms with Gasteiger partial charge in [-0.05, 0) is 31.0 Å². The first-order valence-corrected chi connectivity index (χ1v) is 7.45. The minimum atomic E-state index is -0.662. The van der Waals surface area contributed by atoms with E-state index >= 15 is 0 Å². The Balaban J connectivity index is 2.46. The van der Waals surface area contributed by atoms with Crippen LogP contribution in [0.3, 0.4) is 0 Å². The van der Waals surface area contributed by atoms with Gasteiger partial charge in [-0.1, -0.05) is 31.9 Å². The van der Waals surface area contributed by atoms with Gasteiger partial charge < -0.3 is 5.32 Å². The summed E-state index contributed by atoms with van der Waals surface area (Å²) in [5, 5.41) is 2.99. The van der Waals surface area contributed by atoms with Gasteiger partial charge in [0.25, 0.3) is 0 Å². The van der Waals surface area contributed by atoms with Gasteiger partial charge in [0.2, 0.25) is 11.8 Å². The molecule has 114 valence electrons. The van der Waals surface area contributed by atoms with E-state index in [-0.39, 0.29) is 22.5 Å². The molecule has 6 heteroatoms. The number of rotatable bonds is 4. The van der Waals surface area contributed by atoms with E-state index in [1.54, 1.807) is 6.92 Å². The van der Waals surface area contributed by atoms with E-state index in [0.29, 0.717) is 12.8 Å². The molecule has 2 atom stereocenters. The molecule has 0 aromatic heterocycles. The van der Waals surface area contributed by atoms with Crippen molar-refractivity contribution in [1.82, 2.24) is 5.32 Å². The maximum Gasteiger partial charge on any atom is 0.250 e. The highest BCUT2D eigenvalue weighted by atomic mass is 35.5. The number of carbonyl (C=O) groups excluding carboxylic acids is 2. The van der Waals surface area contributed by atoms with Gasteiger partial charge in [0.15, 0.2) is 0 Å². The molecule has 0 bridgehead atoms. The van der Waals surface area contributed by atoms with Crippen molar-refractivity contribution in [3.63, 3.8) is 0 Å². The Hall–Kier alpha value is -1.62. The van der Waals surface area contributed by atoms with E-state index in [2.05, 4.69) is 5.32 Å². The first-order chi connectivity index (χ1) is 9.99. The number of nitrogens with zero attached hydrogens (tertiary/aromatic N) is 1. The van der Waals surface area contributed by atoms with Gasteiger partial charge in [-0.2, -0.15) is 0 Å². The van der Waals surface area contributed by atoms with Gasteiger partial charge in [-0.15, -0.1) is 0 Å². The second-order valence-corrected chi connectivity index (χ2v) is 5.49. The van der Waals surface area contributed by atoms with Crippen molar-refractivity contribution in [3.05, 3.63) is 29.0 Å². The summed E-state index contributed by atoms with van der Waals surface area (Å²) in [6.07, 6.45) is 1.74. The molecule has 1 fully saturated rings. The van der Waals surface area contributed by atoms with Crippen molar-refractivity contribution in [2.75, 3.05) is 4.90 Å². The molecular formula is C15H18ClFN2O2. The molecule has 1 aromatic rings. The van der Waals surface area contributed by atoms with E-state index in [1.807, 2.05) is 6.92 Å². The lowest BCUT2D eigenvalue weighted by Crippen LogP contribution is -2.63. The Morgan fingerprint density at radius 1 is 1.33 bits per heavy atom. The Morgan fingerprint density at radius 2 is 2.05 bits per heavy atom. The van der Waals surface area contributed by atoms with Crippen LogP contribution in [0.5, 0.6) is 0 Å². The zero-order valence-corrected chi connectivity index (χ0v) is 12.8. The topological polar surface area (TPSA) is 49.4 Å². The molecule has 1 aromatic carbocycles. The van der Waals surface area contributed by atoms with Crippen molar-refractivity contribution in [2.45, 2.75) is 45.2 Å². The molecule has 1 aliphatic heterocycles. The van der Waals surface area contributed by atoms with Crippen LogP contribution in [0.1, 0.15) is 33.1 Å². The van der Waals surface area contributed by atoms with Crippen LogP contribution in [0.25, 0.3) is 0 Å². The number of nitrogens with one attached hydrogen (secondary N) is 1. The summed E-state index contributed by atoms with van der Waals surface area (Å²) < 4.78 is 13.5. The molecule has 21 heavy (non-hydrogen) atoms. The molecule has 2 rings (SSSR count). The van der Waals surface area contributed by atoms with Crippen LogP contribution in [-0.4, -0.2) is 23.9 Å². The number of hydrogen-bond acceptors (Lipinski definition) is 2. The number of piperazine rings is 1. The maximum atomic E-state index is 13.5. The number of carbonyl (C=O) groups is 2. The zero-order valence-electron chi connectivity index (χ0n) is 12.0. The number of halogens is 2. The number of benzene rings is 1. The lowest BCUT2D eigenvalue weighted by atomic mass is 10.0. The van der Waals surface area contributed by atoms with Crippen LogP contribution in [0, 0.1) is 5.82 Å². The average molecular weight is 313 g/mol. The van der Waals surface area contributed by atoms with Crippen molar-refractivity contribution in [2.24, 2.45) is 0 Å². The molecule has 2 unspecified atom stereocenters. The monoisotopic (exact) mass is 312 g/mol. The normalized spacial score (nSPS) is 22.4. The van der Waals surface area contributed by atoms with E-state index in [1.165, 1.54) is 23.1 Å². The number of anilines is 1. The summed E-state index contributed by atoms with van der Waals surface area (Å²) in [4.78, 5) is 26.2. The SMILES string of the molecule is CCCC1NC(=O)C(CC)N(c2cc(F)ccc2Cl)C1=O. The molecule has 1 saturated heterocycles. The lowest BCUT2D eigenvalue weighted by Gasteiger charge is -2.39. The van der Waals surface area contributed by atoms with Crippen molar-refractivity contribution in [3.8, 4) is 0 Å². The van der Waals surface area contributed by atoms with Gasteiger partial charge in [0, 0.05) is 0 Å². The van der Waals surface area contributed by atoms with Crippen LogP contribution < -0.4 is 10.2 Å². The van der Waals surface area contributed by atoms with Crippen LogP contribution in [0.4, 0.5) is 10.1 Å². The summed E-state index contributed by atoms with van der Waals surface area (Å²) in [5.74, 6) is -0.957. The van der Waals surface area contributed by atoms with Crippen LogP contribution in [-0.2, 0) is 9.59 Å². The van der Waals surface area contributed by atoms with Crippen LogP contribution >= 0.6 is 11.6 Å². The number of amides is 2. The first kappa shape index (κ1) is 15.8. The van der Waals surface area contributed by atoms with Crippen LogP contribution in [0.2, 0.25) is 5.02 Å². The van der Waals surface area contributed by atoms with Gasteiger partial charge in [0.05, 0.1) is 10.7 Å². The number of hydrogen-bond donors (Lipinski definition) is 1. The largest absolute Gasteiger partial charge is 0.342 e. The van der Waals surface area contributed by atoms with Crippen molar-refractivity contribution in [1.29, 1.82) is 0 Å². The van der Waals surface area contributed by atoms with E-state index in [9.17, 15) is 14.0 Å². The van der Waals surface area contributed by atoms with Gasteiger partial charge in [-0.25, -0.2) is 4.39 Å². The van der Waals surface area contributed by atoms with Gasteiger partial charge >= 0.3 is 0 Å². The fourth-order valence-corrected chi connectivity index (χ4v) is 2.79. The molecule has 0 spiro atoms. The quantitative estimate of drug-likeness (QED) is 0.929. The summed E-state index contributed by atoms with van der Waals surface area (Å²) in [7, 11) is 0. The van der Waals surface area contributed by atoms with Crippen molar-refractivity contribution >= 4 is 29.1 Å². The molecule has 0 radical (unpaired) electrons. The molecule has 2 amide bonds. The maximum absolute atomic E-state index is 13.5. The van der Waals surface area contributed by atoms with E-state index in [0.717, 1.165) is 6.42 Å². The predicted molar refractivity (Wildman–Crippen MR) is 79.8 cm³/mol. The molecular weight excluding hydrogens is 295 g/mol. The molecule has 4 nitrogen and oxygen atoms in total. The third kappa shape index (κ3) is 3.02. The fourth-order valence-electron chi connectivity index (χ4n) is 2.58. The standard InChI is InChI=1S/C15H18ClFN2O2/c1-3-5-11-15(21)19(12(4-2)14(20)18-11)13-8-9(17)6-7-10(13)16/h6-8,11-12H,3-5H2,1-2H3,(H,18,20). The Labute approximate surface area is 128 Å². The van der Waals surface area contributed by atoms with Crippen LogP contribution in [0.15, 0.2) is 18.2 Å². The summed E-state index contributed by atoms with van der Waals surface area (Å²) in [5.41, 5.74) is 0.254. The summed E-state index contributed by atoms with van der Waals surface area (Å²) in [6.45, 7) is 3.74. The highest BCUT2D eigenvalue weighted by molar-refractivity contribution is 6.34.